The van der Waals surface area contributed by atoms with Crippen LogP contribution in [-0.2, 0) is 28.5 Å². The van der Waals surface area contributed by atoms with E-state index in [1.807, 2.05) is 0 Å². The Balaban J connectivity index is 1.87. The smallest absolute Gasteiger partial charge is 0.409 e. The van der Waals surface area contributed by atoms with Crippen molar-refractivity contribution >= 4 is 41.0 Å². The second-order valence-corrected chi connectivity index (χ2v) is 7.92. The molecule has 1 aromatic carbocycles. The monoisotopic (exact) mass is 481 g/mol. The van der Waals surface area contributed by atoms with Crippen LogP contribution in [0, 0.1) is 0 Å². The third kappa shape index (κ3) is 5.69. The highest BCUT2D eigenvalue weighted by Crippen LogP contribution is 2.36. The van der Waals surface area contributed by atoms with Gasteiger partial charge in [0.2, 0.25) is 0 Å². The average Bonchev–Trinajstić information content (AvgIpc) is 2.84. The number of benzene rings is 1. The zero-order valence-corrected chi connectivity index (χ0v) is 19.6. The topological polar surface area (TPSA) is 107 Å². The van der Waals surface area contributed by atoms with E-state index in [2.05, 4.69) is 5.32 Å². The van der Waals surface area contributed by atoms with E-state index in [0.717, 1.165) is 0 Å². The number of carbonyl (C=O) groups is 3. The van der Waals surface area contributed by atoms with Crippen molar-refractivity contribution in [3.63, 3.8) is 0 Å². The van der Waals surface area contributed by atoms with Crippen LogP contribution in [0.5, 0.6) is 0 Å². The lowest BCUT2D eigenvalue weighted by molar-refractivity contribution is -0.140. The van der Waals surface area contributed by atoms with Gasteiger partial charge in [-0.2, -0.15) is 0 Å². The fourth-order valence-corrected chi connectivity index (χ4v) is 3.99. The van der Waals surface area contributed by atoms with Crippen LogP contribution < -0.4 is 10.2 Å². The first kappa shape index (κ1) is 24.7. The normalized spacial score (nSPS) is 17.0. The number of hydrogen-bond donors (Lipinski definition) is 1. The largest absolute Gasteiger partial charge is 0.466 e. The molecule has 1 N–H and O–H groups in total. The zero-order valence-electron chi connectivity index (χ0n) is 18.9. The Labute approximate surface area is 197 Å². The maximum atomic E-state index is 12.6. The summed E-state index contributed by atoms with van der Waals surface area (Å²) in [5, 5.41) is 3.92. The fourth-order valence-electron chi connectivity index (χ4n) is 3.82. The van der Waals surface area contributed by atoms with Gasteiger partial charge in [-0.1, -0.05) is 11.6 Å². The third-order valence-corrected chi connectivity index (χ3v) is 5.70. The predicted octanol–water partition coefficient (Wildman–Crippen LogP) is 2.77. The molecule has 1 amide bonds. The Hall–Kier alpha value is -2.98. The number of likely N-dealkylation sites (tertiary alicyclic amines) is 1. The van der Waals surface area contributed by atoms with Gasteiger partial charge in [-0.25, -0.2) is 14.4 Å². The maximum Gasteiger partial charge on any atom is 0.409 e. The van der Waals surface area contributed by atoms with Crippen molar-refractivity contribution in [1.29, 1.82) is 0 Å². The second-order valence-electron chi connectivity index (χ2n) is 7.48. The van der Waals surface area contributed by atoms with E-state index in [1.165, 1.54) is 14.2 Å². The Bertz CT molecular complexity index is 929. The number of rotatable bonds is 6. The molecule has 3 rings (SSSR count). The van der Waals surface area contributed by atoms with Crippen molar-refractivity contribution in [1.82, 2.24) is 4.90 Å². The summed E-state index contributed by atoms with van der Waals surface area (Å²) in [5.74, 6) is -1.37. The number of carbonyl (C=O) groups excluding carboxylic acids is 3. The van der Waals surface area contributed by atoms with Crippen LogP contribution in [0.3, 0.4) is 0 Å². The lowest BCUT2D eigenvalue weighted by Gasteiger charge is -2.35. The van der Waals surface area contributed by atoms with Gasteiger partial charge < -0.3 is 34.1 Å². The Morgan fingerprint density at radius 2 is 1.85 bits per heavy atom. The molecule has 0 aliphatic carbocycles. The molecular formula is C22H28ClN3O7. The summed E-state index contributed by atoms with van der Waals surface area (Å²) in [4.78, 5) is 40.1. The van der Waals surface area contributed by atoms with Crippen molar-refractivity contribution in [3.05, 3.63) is 34.5 Å². The van der Waals surface area contributed by atoms with E-state index < -0.39 is 11.9 Å². The molecule has 11 heteroatoms. The number of piperidine rings is 1. The van der Waals surface area contributed by atoms with Gasteiger partial charge in [-0.05, 0) is 38.0 Å². The molecular weight excluding hydrogens is 454 g/mol. The molecule has 0 aromatic heterocycles. The van der Waals surface area contributed by atoms with E-state index in [-0.39, 0.29) is 36.7 Å². The lowest BCUT2D eigenvalue weighted by atomic mass is 10.0. The predicted molar refractivity (Wildman–Crippen MR) is 121 cm³/mol. The number of methoxy groups -OCH3 is 2. The zero-order chi connectivity index (χ0) is 24.0. The Morgan fingerprint density at radius 3 is 2.48 bits per heavy atom. The molecule has 10 nitrogen and oxygen atoms in total. The van der Waals surface area contributed by atoms with Crippen LogP contribution in [-0.4, -0.2) is 76.2 Å². The Kier molecular flexibility index (Phi) is 8.40. The van der Waals surface area contributed by atoms with E-state index >= 15 is 0 Å². The lowest BCUT2D eigenvalue weighted by Crippen LogP contribution is -2.43. The Morgan fingerprint density at radius 1 is 1.15 bits per heavy atom. The molecule has 2 aliphatic heterocycles. The summed E-state index contributed by atoms with van der Waals surface area (Å²) in [5.41, 5.74) is 1.35. The quantitative estimate of drug-likeness (QED) is 0.484. The number of nitrogens with one attached hydrogen (secondary N) is 1. The minimum Gasteiger partial charge on any atom is -0.466 e. The SMILES string of the molecule is CCOC(=O)N1CCC(Nc2ccc(Cl)cc2N2COCC(C(=O)OC)=C2C(=O)OC)CC1. The summed E-state index contributed by atoms with van der Waals surface area (Å²) in [6, 6.07) is 5.29. The summed E-state index contributed by atoms with van der Waals surface area (Å²) in [6.45, 7) is 3.18. The summed E-state index contributed by atoms with van der Waals surface area (Å²) >= 11 is 6.27. The molecule has 0 bridgehead atoms. The highest BCUT2D eigenvalue weighted by molar-refractivity contribution is 6.31. The van der Waals surface area contributed by atoms with Gasteiger partial charge in [-0.15, -0.1) is 0 Å². The van der Waals surface area contributed by atoms with Gasteiger partial charge in [0.25, 0.3) is 0 Å². The second kappa shape index (κ2) is 11.2. The van der Waals surface area contributed by atoms with E-state index in [0.29, 0.717) is 48.9 Å². The van der Waals surface area contributed by atoms with Gasteiger partial charge in [0.15, 0.2) is 0 Å². The van der Waals surface area contributed by atoms with Crippen molar-refractivity contribution in [3.8, 4) is 0 Å². The number of halogens is 1. The van der Waals surface area contributed by atoms with Gasteiger partial charge in [0, 0.05) is 24.2 Å². The summed E-state index contributed by atoms with van der Waals surface area (Å²) in [7, 11) is 2.48. The molecule has 0 radical (unpaired) electrons. The fraction of sp³-hybridized carbons (Fsp3) is 0.500. The number of nitrogens with zero attached hydrogens (tertiary/aromatic N) is 2. The van der Waals surface area contributed by atoms with E-state index in [4.69, 9.17) is 30.5 Å². The summed E-state index contributed by atoms with van der Waals surface area (Å²) < 4.78 is 20.4. The van der Waals surface area contributed by atoms with Crippen LogP contribution >= 0.6 is 11.6 Å². The average molecular weight is 482 g/mol. The number of ether oxygens (including phenoxy) is 4. The first-order valence-electron chi connectivity index (χ1n) is 10.6. The molecule has 1 aromatic rings. The van der Waals surface area contributed by atoms with Crippen LogP contribution in [0.1, 0.15) is 19.8 Å². The van der Waals surface area contributed by atoms with Gasteiger partial charge in [-0.3, -0.25) is 0 Å². The van der Waals surface area contributed by atoms with E-state index in [9.17, 15) is 14.4 Å². The molecule has 0 atom stereocenters. The van der Waals surface area contributed by atoms with Gasteiger partial charge in [0.1, 0.15) is 12.4 Å². The number of esters is 2. The van der Waals surface area contributed by atoms with Crippen molar-refractivity contribution in [2.45, 2.75) is 25.8 Å². The first-order chi connectivity index (χ1) is 15.9. The number of hydrogen-bond acceptors (Lipinski definition) is 9. The maximum absolute atomic E-state index is 12.6. The van der Waals surface area contributed by atoms with Crippen LogP contribution in [0.15, 0.2) is 29.5 Å². The molecule has 0 spiro atoms. The molecule has 2 aliphatic rings. The molecule has 180 valence electrons. The first-order valence-corrected chi connectivity index (χ1v) is 11.0. The highest BCUT2D eigenvalue weighted by atomic mass is 35.5. The molecule has 0 saturated carbocycles. The highest BCUT2D eigenvalue weighted by Gasteiger charge is 2.34. The standard InChI is InChI=1S/C22H28ClN3O7/c1-4-33-22(29)25-9-7-15(8-10-25)24-17-6-5-14(23)11-18(17)26-13-32-12-16(20(27)30-2)19(26)21(28)31-3/h5-6,11,15,24H,4,7-10,12-13H2,1-3H3. The van der Waals surface area contributed by atoms with Gasteiger partial charge >= 0.3 is 18.0 Å². The molecule has 1 saturated heterocycles. The van der Waals surface area contributed by atoms with Crippen molar-refractivity contribution in [2.75, 3.05) is 57.5 Å². The third-order valence-electron chi connectivity index (χ3n) is 5.46. The van der Waals surface area contributed by atoms with Crippen LogP contribution in [0.25, 0.3) is 0 Å². The molecule has 1 fully saturated rings. The summed E-state index contributed by atoms with van der Waals surface area (Å²) in [6.07, 6.45) is 1.12. The van der Waals surface area contributed by atoms with E-state index in [1.54, 1.807) is 34.9 Å². The van der Waals surface area contributed by atoms with Crippen molar-refractivity contribution < 1.29 is 33.3 Å². The van der Waals surface area contributed by atoms with Crippen LogP contribution in [0.2, 0.25) is 5.02 Å². The van der Waals surface area contributed by atoms with Crippen LogP contribution in [0.4, 0.5) is 16.2 Å². The minimum absolute atomic E-state index is 0.0151. The molecule has 33 heavy (non-hydrogen) atoms. The van der Waals surface area contributed by atoms with Crippen molar-refractivity contribution in [2.24, 2.45) is 0 Å². The minimum atomic E-state index is -0.688. The number of anilines is 2. The molecule has 0 unspecified atom stereocenters. The molecule has 2 heterocycles. The van der Waals surface area contributed by atoms with Gasteiger partial charge in [0.05, 0.1) is 44.4 Å². The number of amides is 1.